The second kappa shape index (κ2) is 5.51. The molecule has 0 saturated heterocycles. The molecule has 110 valence electrons. The van der Waals surface area contributed by atoms with Gasteiger partial charge in [0.15, 0.2) is 0 Å². The number of nitrogens with two attached hydrogens (primary N) is 1. The molecule has 0 saturated carbocycles. The third-order valence-corrected chi connectivity index (χ3v) is 3.25. The van der Waals surface area contributed by atoms with Gasteiger partial charge in [0.05, 0.1) is 17.7 Å². The molecule has 0 atom stereocenters. The fraction of sp³-hybridized carbons (Fsp3) is 0.0714. The van der Waals surface area contributed by atoms with Gasteiger partial charge in [-0.3, -0.25) is 0 Å². The van der Waals surface area contributed by atoms with Crippen LogP contribution in [0.2, 0.25) is 0 Å². The average molecular weight is 320 g/mol. The highest BCUT2D eigenvalue weighted by atomic mass is 32.1. The first-order valence-corrected chi connectivity index (χ1v) is 6.21. The lowest BCUT2D eigenvalue weighted by Gasteiger charge is -2.11. The van der Waals surface area contributed by atoms with E-state index in [4.69, 9.17) is 24.5 Å². The number of nitrogens with one attached hydrogen (secondary N) is 1. The van der Waals surface area contributed by atoms with Crippen molar-refractivity contribution in [3.63, 3.8) is 0 Å². The molecule has 22 heavy (non-hydrogen) atoms. The van der Waals surface area contributed by atoms with Gasteiger partial charge >= 0.3 is 6.18 Å². The largest absolute Gasteiger partial charge is 0.416 e. The van der Waals surface area contributed by atoms with Gasteiger partial charge in [0.25, 0.3) is 0 Å². The number of aromatic amines is 1. The van der Waals surface area contributed by atoms with E-state index in [0.29, 0.717) is 0 Å². The zero-order valence-corrected chi connectivity index (χ0v) is 11.6. The lowest BCUT2D eigenvalue weighted by molar-refractivity contribution is -0.137. The molecule has 0 spiro atoms. The van der Waals surface area contributed by atoms with Crippen LogP contribution in [0.25, 0.3) is 16.0 Å². The quantitative estimate of drug-likeness (QED) is 0.603. The van der Waals surface area contributed by atoms with Crippen LogP contribution in [0.5, 0.6) is 0 Å². The summed E-state index contributed by atoms with van der Waals surface area (Å²) in [6, 6.07) is 5.97. The summed E-state index contributed by atoms with van der Waals surface area (Å²) in [7, 11) is 0. The molecule has 0 radical (unpaired) electrons. The van der Waals surface area contributed by atoms with Gasteiger partial charge in [0.1, 0.15) is 16.5 Å². The number of hydrogen-bond acceptors (Lipinski definition) is 3. The van der Waals surface area contributed by atoms with Crippen molar-refractivity contribution in [1.82, 2.24) is 4.98 Å². The molecule has 1 heterocycles. The molecule has 1 aromatic carbocycles. The standard InChI is InChI=1S/C14H7F3N4S/c1-20-11-10(9(6-18)13(22)21-12(11)19)7-2-4-8(5-3-7)14(15,16)17/h2-5H,(H3,19,21,22). The van der Waals surface area contributed by atoms with Gasteiger partial charge in [-0.1, -0.05) is 24.4 Å². The first-order chi connectivity index (χ1) is 10.3. The van der Waals surface area contributed by atoms with Crippen molar-refractivity contribution in [2.24, 2.45) is 0 Å². The number of benzene rings is 1. The second-order valence-corrected chi connectivity index (χ2v) is 4.67. The highest BCUT2D eigenvalue weighted by Gasteiger charge is 2.30. The van der Waals surface area contributed by atoms with E-state index in [2.05, 4.69) is 9.83 Å². The van der Waals surface area contributed by atoms with Gasteiger partial charge in [-0.25, -0.2) is 4.85 Å². The van der Waals surface area contributed by atoms with E-state index < -0.39 is 11.7 Å². The van der Waals surface area contributed by atoms with Crippen molar-refractivity contribution in [3.05, 3.63) is 51.5 Å². The smallest absolute Gasteiger partial charge is 0.394 e. The third-order valence-electron chi connectivity index (χ3n) is 2.94. The number of H-pyrrole nitrogens is 1. The van der Waals surface area contributed by atoms with Crippen molar-refractivity contribution in [3.8, 4) is 17.2 Å². The van der Waals surface area contributed by atoms with Crippen molar-refractivity contribution < 1.29 is 13.2 Å². The van der Waals surface area contributed by atoms with E-state index in [9.17, 15) is 18.4 Å². The number of rotatable bonds is 1. The molecule has 0 aliphatic rings. The summed E-state index contributed by atoms with van der Waals surface area (Å²) in [6.07, 6.45) is -4.47. The van der Waals surface area contributed by atoms with Crippen molar-refractivity contribution in [1.29, 1.82) is 5.26 Å². The minimum absolute atomic E-state index is 0.00467. The molecule has 3 N–H and O–H groups in total. The van der Waals surface area contributed by atoms with Crippen LogP contribution in [-0.2, 0) is 6.18 Å². The molecule has 4 nitrogen and oxygen atoms in total. The first kappa shape index (κ1) is 15.5. The number of halogens is 3. The molecule has 0 amide bonds. The van der Waals surface area contributed by atoms with Crippen molar-refractivity contribution in [2.45, 2.75) is 6.18 Å². The summed E-state index contributed by atoms with van der Waals surface area (Å²) < 4.78 is 37.8. The number of anilines is 1. The number of hydrogen-bond donors (Lipinski definition) is 2. The molecular weight excluding hydrogens is 313 g/mol. The van der Waals surface area contributed by atoms with Crippen LogP contribution in [0.15, 0.2) is 24.3 Å². The van der Waals surface area contributed by atoms with E-state index in [1.54, 1.807) is 0 Å². The Morgan fingerprint density at radius 1 is 1.27 bits per heavy atom. The maximum absolute atomic E-state index is 12.6. The Kier molecular flexibility index (Phi) is 3.89. The Morgan fingerprint density at radius 2 is 1.86 bits per heavy atom. The van der Waals surface area contributed by atoms with Crippen LogP contribution in [0.3, 0.4) is 0 Å². The highest BCUT2D eigenvalue weighted by Crippen LogP contribution is 2.38. The summed E-state index contributed by atoms with van der Waals surface area (Å²) in [5.74, 6) is -0.0334. The van der Waals surface area contributed by atoms with Gasteiger partial charge in [0, 0.05) is 5.56 Å². The molecule has 2 rings (SSSR count). The monoisotopic (exact) mass is 320 g/mol. The highest BCUT2D eigenvalue weighted by molar-refractivity contribution is 7.71. The number of nitriles is 1. The van der Waals surface area contributed by atoms with Crippen LogP contribution in [0.1, 0.15) is 11.1 Å². The summed E-state index contributed by atoms with van der Waals surface area (Å²) >= 11 is 4.98. The molecule has 0 unspecified atom stereocenters. The zero-order chi connectivity index (χ0) is 16.5. The molecular formula is C14H7F3N4S. The van der Waals surface area contributed by atoms with Crippen molar-refractivity contribution in [2.75, 3.05) is 5.73 Å². The van der Waals surface area contributed by atoms with Gasteiger partial charge in [-0.05, 0) is 17.7 Å². The van der Waals surface area contributed by atoms with Gasteiger partial charge in [-0.15, -0.1) is 0 Å². The van der Waals surface area contributed by atoms with Crippen LogP contribution in [0.4, 0.5) is 24.7 Å². The van der Waals surface area contributed by atoms with Crippen molar-refractivity contribution >= 4 is 23.7 Å². The van der Waals surface area contributed by atoms with E-state index in [1.807, 2.05) is 6.07 Å². The summed E-state index contributed by atoms with van der Waals surface area (Å²) in [5, 5.41) is 9.19. The Morgan fingerprint density at radius 3 is 2.32 bits per heavy atom. The predicted molar refractivity (Wildman–Crippen MR) is 77.5 cm³/mol. The summed E-state index contributed by atoms with van der Waals surface area (Å²) in [5.41, 5.74) is 5.18. The summed E-state index contributed by atoms with van der Waals surface area (Å²) in [4.78, 5) is 5.77. The van der Waals surface area contributed by atoms with Crippen LogP contribution >= 0.6 is 12.2 Å². The Hall–Kier alpha value is -2.84. The Balaban J connectivity index is 2.75. The molecule has 2 aromatic rings. The molecule has 0 aliphatic carbocycles. The minimum Gasteiger partial charge on any atom is -0.394 e. The molecule has 0 fully saturated rings. The van der Waals surface area contributed by atoms with Gasteiger partial charge in [-0.2, -0.15) is 18.4 Å². The van der Waals surface area contributed by atoms with Crippen LogP contribution in [0, 0.1) is 22.5 Å². The maximum Gasteiger partial charge on any atom is 0.416 e. The minimum atomic E-state index is -4.47. The van der Waals surface area contributed by atoms with E-state index in [0.717, 1.165) is 12.1 Å². The van der Waals surface area contributed by atoms with Gasteiger partial charge < -0.3 is 10.7 Å². The molecule has 0 aliphatic heterocycles. The number of nitrogen functional groups attached to an aromatic ring is 1. The number of pyridine rings is 1. The van der Waals surface area contributed by atoms with Gasteiger partial charge in [0.2, 0.25) is 5.69 Å². The molecule has 0 bridgehead atoms. The topological polar surface area (TPSA) is 70.0 Å². The Labute approximate surface area is 128 Å². The Bertz CT molecular complexity index is 868. The van der Waals surface area contributed by atoms with E-state index in [1.165, 1.54) is 12.1 Å². The lowest BCUT2D eigenvalue weighted by atomic mass is 9.99. The lowest BCUT2D eigenvalue weighted by Crippen LogP contribution is -2.04. The normalized spacial score (nSPS) is 10.8. The molecule has 1 aromatic heterocycles. The van der Waals surface area contributed by atoms with Crippen LogP contribution in [-0.4, -0.2) is 4.98 Å². The SMILES string of the molecule is [C-]#[N+]c1c(N)[nH]c(=S)c(C#N)c1-c1ccc(C(F)(F)F)cc1. The second-order valence-electron chi connectivity index (χ2n) is 4.27. The number of nitrogens with zero attached hydrogens (tertiary/aromatic N) is 2. The first-order valence-electron chi connectivity index (χ1n) is 5.80. The molecule has 8 heteroatoms. The zero-order valence-electron chi connectivity index (χ0n) is 10.8. The number of aromatic nitrogens is 1. The summed E-state index contributed by atoms with van der Waals surface area (Å²) in [6.45, 7) is 7.16. The third kappa shape index (κ3) is 2.65. The predicted octanol–water partition coefficient (Wildman–Crippen LogP) is 4.43. The maximum atomic E-state index is 12.6. The van der Waals surface area contributed by atoms with Crippen LogP contribution < -0.4 is 5.73 Å². The fourth-order valence-corrected chi connectivity index (χ4v) is 2.20. The van der Waals surface area contributed by atoms with E-state index >= 15 is 0 Å². The average Bonchev–Trinajstić information content (AvgIpc) is 2.46. The van der Waals surface area contributed by atoms with E-state index in [-0.39, 0.29) is 32.8 Å². The fourth-order valence-electron chi connectivity index (χ4n) is 1.94. The number of alkyl halides is 3.